The first-order valence-corrected chi connectivity index (χ1v) is 7.61. The molecule has 0 saturated carbocycles. The fourth-order valence-electron chi connectivity index (χ4n) is 2.61. The van der Waals surface area contributed by atoms with Crippen molar-refractivity contribution in [2.75, 3.05) is 13.1 Å². The number of hydrogen-bond donors (Lipinski definition) is 2. The van der Waals surface area contributed by atoms with Gasteiger partial charge in [0.1, 0.15) is 17.9 Å². The van der Waals surface area contributed by atoms with Crippen molar-refractivity contribution in [2.45, 2.75) is 32.2 Å². The molecule has 6 nitrogen and oxygen atoms in total. The summed E-state index contributed by atoms with van der Waals surface area (Å²) < 4.78 is 13.1. The minimum atomic E-state index is -1.25. The van der Waals surface area contributed by atoms with Crippen molar-refractivity contribution in [3.05, 3.63) is 35.6 Å². The molecule has 0 spiro atoms. The zero-order valence-electron chi connectivity index (χ0n) is 13.2. The van der Waals surface area contributed by atoms with E-state index in [9.17, 15) is 18.8 Å². The van der Waals surface area contributed by atoms with E-state index in [1.54, 1.807) is 6.92 Å². The van der Waals surface area contributed by atoms with Crippen LogP contribution in [0.1, 0.15) is 32.3 Å². The molecule has 0 bridgehead atoms. The molecular formula is C16H20FN3O3. The van der Waals surface area contributed by atoms with Crippen LogP contribution in [-0.4, -0.2) is 35.8 Å². The highest BCUT2D eigenvalue weighted by atomic mass is 19.1. The number of nitrogens with one attached hydrogen (secondary N) is 2. The molecule has 1 aliphatic rings. The smallest absolute Gasteiger partial charge is 0.325 e. The summed E-state index contributed by atoms with van der Waals surface area (Å²) in [6, 6.07) is 4.80. The maximum atomic E-state index is 13.1. The number of carbonyl (C=O) groups is 3. The largest absolute Gasteiger partial charge is 0.355 e. The molecule has 23 heavy (non-hydrogen) atoms. The molecular weight excluding hydrogens is 301 g/mol. The lowest BCUT2D eigenvalue weighted by atomic mass is 9.87. The van der Waals surface area contributed by atoms with E-state index in [0.29, 0.717) is 18.5 Å². The third kappa shape index (κ3) is 3.18. The molecule has 1 atom stereocenters. The van der Waals surface area contributed by atoms with E-state index >= 15 is 0 Å². The van der Waals surface area contributed by atoms with Gasteiger partial charge in [-0.3, -0.25) is 14.5 Å². The number of nitrogens with zero attached hydrogens (tertiary/aromatic N) is 1. The molecule has 0 aliphatic carbocycles. The monoisotopic (exact) mass is 321 g/mol. The Labute approximate surface area is 134 Å². The number of hydrogen-bond acceptors (Lipinski definition) is 3. The molecule has 0 aromatic heterocycles. The Balaban J connectivity index is 2.24. The molecule has 2 N–H and O–H groups in total. The zero-order valence-corrected chi connectivity index (χ0v) is 13.2. The van der Waals surface area contributed by atoms with E-state index in [1.807, 2.05) is 6.92 Å². The maximum absolute atomic E-state index is 13.1. The predicted octanol–water partition coefficient (Wildman–Crippen LogP) is 1.51. The summed E-state index contributed by atoms with van der Waals surface area (Å²) in [4.78, 5) is 37.6. The lowest BCUT2D eigenvalue weighted by Gasteiger charge is -2.25. The number of urea groups is 1. The second-order valence-corrected chi connectivity index (χ2v) is 5.44. The Hall–Kier alpha value is -2.44. The normalized spacial score (nSPS) is 20.6. The van der Waals surface area contributed by atoms with Crippen molar-refractivity contribution in [1.82, 2.24) is 15.5 Å². The van der Waals surface area contributed by atoms with Gasteiger partial charge in [0.2, 0.25) is 5.91 Å². The minimum Gasteiger partial charge on any atom is -0.355 e. The first kappa shape index (κ1) is 16.9. The van der Waals surface area contributed by atoms with Gasteiger partial charge in [-0.05, 0) is 30.5 Å². The number of halogens is 1. The Bertz CT molecular complexity index is 618. The standard InChI is InChI=1S/C16H20FN3O3/c1-3-9-18-13(21)10-20-14(22)16(4-2,19-15(20)23)11-5-7-12(17)8-6-11/h5-8H,3-4,9-10H2,1-2H3,(H,18,21)(H,19,23)/t16-/m1/s1. The van der Waals surface area contributed by atoms with Crippen LogP contribution in [0.2, 0.25) is 0 Å². The molecule has 124 valence electrons. The molecule has 7 heteroatoms. The van der Waals surface area contributed by atoms with Gasteiger partial charge in [0.25, 0.3) is 5.91 Å². The van der Waals surface area contributed by atoms with Gasteiger partial charge in [-0.2, -0.15) is 0 Å². The molecule has 0 unspecified atom stereocenters. The number of amides is 4. The zero-order chi connectivity index (χ0) is 17.0. The SMILES string of the molecule is CCCNC(=O)CN1C(=O)N[C@](CC)(c2ccc(F)cc2)C1=O. The lowest BCUT2D eigenvalue weighted by Crippen LogP contribution is -2.44. The highest BCUT2D eigenvalue weighted by Crippen LogP contribution is 2.32. The Morgan fingerprint density at radius 1 is 1.26 bits per heavy atom. The van der Waals surface area contributed by atoms with Crippen molar-refractivity contribution < 1.29 is 18.8 Å². The second-order valence-electron chi connectivity index (χ2n) is 5.44. The summed E-state index contributed by atoms with van der Waals surface area (Å²) in [5, 5.41) is 5.28. The van der Waals surface area contributed by atoms with Crippen LogP contribution < -0.4 is 10.6 Å². The van der Waals surface area contributed by atoms with Crippen LogP contribution in [0.5, 0.6) is 0 Å². The highest BCUT2D eigenvalue weighted by molar-refractivity contribution is 6.09. The third-order valence-corrected chi connectivity index (χ3v) is 3.92. The molecule has 1 saturated heterocycles. The maximum Gasteiger partial charge on any atom is 0.325 e. The van der Waals surface area contributed by atoms with Crippen molar-refractivity contribution >= 4 is 17.8 Å². The minimum absolute atomic E-state index is 0.302. The van der Waals surface area contributed by atoms with E-state index in [0.717, 1.165) is 11.3 Å². The van der Waals surface area contributed by atoms with Gasteiger partial charge in [0, 0.05) is 6.54 Å². The van der Waals surface area contributed by atoms with Crippen LogP contribution in [0, 0.1) is 5.82 Å². The van der Waals surface area contributed by atoms with Gasteiger partial charge >= 0.3 is 6.03 Å². The third-order valence-electron chi connectivity index (χ3n) is 3.92. The van der Waals surface area contributed by atoms with Gasteiger partial charge < -0.3 is 10.6 Å². The van der Waals surface area contributed by atoms with E-state index in [1.165, 1.54) is 24.3 Å². The van der Waals surface area contributed by atoms with Crippen LogP contribution in [0.25, 0.3) is 0 Å². The Kier molecular flexibility index (Phi) is 4.98. The summed E-state index contributed by atoms with van der Waals surface area (Å²) in [7, 11) is 0. The topological polar surface area (TPSA) is 78.5 Å². The fourth-order valence-corrected chi connectivity index (χ4v) is 2.61. The summed E-state index contributed by atoms with van der Waals surface area (Å²) in [5.74, 6) is -1.31. The molecule has 1 aliphatic heterocycles. The summed E-state index contributed by atoms with van der Waals surface area (Å²) in [5.41, 5.74) is -0.758. The number of imide groups is 1. The molecule has 1 aromatic rings. The fraction of sp³-hybridized carbons (Fsp3) is 0.438. The summed E-state index contributed by atoms with van der Waals surface area (Å²) in [6.45, 7) is 3.82. The van der Waals surface area contributed by atoms with Crippen LogP contribution in [0.3, 0.4) is 0 Å². The number of benzene rings is 1. The summed E-state index contributed by atoms with van der Waals surface area (Å²) in [6.07, 6.45) is 1.07. The molecule has 1 aromatic carbocycles. The first-order chi connectivity index (χ1) is 10.9. The van der Waals surface area contributed by atoms with Gasteiger partial charge in [-0.25, -0.2) is 9.18 Å². The van der Waals surface area contributed by atoms with Crippen LogP contribution in [-0.2, 0) is 15.1 Å². The Morgan fingerprint density at radius 3 is 2.48 bits per heavy atom. The first-order valence-electron chi connectivity index (χ1n) is 7.61. The van der Waals surface area contributed by atoms with Crippen LogP contribution >= 0.6 is 0 Å². The van der Waals surface area contributed by atoms with Gasteiger partial charge in [-0.15, -0.1) is 0 Å². The highest BCUT2D eigenvalue weighted by Gasteiger charge is 2.51. The number of rotatable bonds is 6. The van der Waals surface area contributed by atoms with Crippen LogP contribution in [0.4, 0.5) is 9.18 Å². The van der Waals surface area contributed by atoms with Crippen LogP contribution in [0.15, 0.2) is 24.3 Å². The molecule has 4 amide bonds. The average Bonchev–Trinajstić information content (AvgIpc) is 2.78. The average molecular weight is 321 g/mol. The van der Waals surface area contributed by atoms with Crippen molar-refractivity contribution in [1.29, 1.82) is 0 Å². The van der Waals surface area contributed by atoms with E-state index in [2.05, 4.69) is 10.6 Å². The van der Waals surface area contributed by atoms with Crippen molar-refractivity contribution in [2.24, 2.45) is 0 Å². The molecule has 0 radical (unpaired) electrons. The number of carbonyl (C=O) groups excluding carboxylic acids is 3. The Morgan fingerprint density at radius 2 is 1.91 bits per heavy atom. The lowest BCUT2D eigenvalue weighted by molar-refractivity contribution is -0.135. The predicted molar refractivity (Wildman–Crippen MR) is 81.9 cm³/mol. The molecule has 1 heterocycles. The summed E-state index contributed by atoms with van der Waals surface area (Å²) >= 11 is 0. The van der Waals surface area contributed by atoms with Gasteiger partial charge in [0.15, 0.2) is 0 Å². The van der Waals surface area contributed by atoms with Crippen molar-refractivity contribution in [3.8, 4) is 0 Å². The van der Waals surface area contributed by atoms with Crippen molar-refractivity contribution in [3.63, 3.8) is 0 Å². The van der Waals surface area contributed by atoms with E-state index in [4.69, 9.17) is 0 Å². The van der Waals surface area contributed by atoms with Gasteiger partial charge in [0.05, 0.1) is 0 Å². The second kappa shape index (κ2) is 6.76. The van der Waals surface area contributed by atoms with Gasteiger partial charge in [-0.1, -0.05) is 26.0 Å². The quantitative estimate of drug-likeness (QED) is 0.780. The van der Waals surface area contributed by atoms with E-state index < -0.39 is 23.3 Å². The molecule has 1 fully saturated rings. The van der Waals surface area contributed by atoms with E-state index in [-0.39, 0.29) is 12.5 Å². The molecule has 2 rings (SSSR count).